The SMILES string of the molecule is CC(=O)NC1CCN(Cc2cccc(-c3nc4c(c(=O)[nH]3)CCC4)c2)C1. The van der Waals surface area contributed by atoms with E-state index < -0.39 is 0 Å². The highest BCUT2D eigenvalue weighted by Crippen LogP contribution is 2.22. The molecule has 136 valence electrons. The van der Waals surface area contributed by atoms with E-state index in [9.17, 15) is 9.59 Å². The zero-order chi connectivity index (χ0) is 18.1. The van der Waals surface area contributed by atoms with E-state index in [1.807, 2.05) is 12.1 Å². The second kappa shape index (κ2) is 7.03. The standard InChI is InChI=1S/C20H24N4O2/c1-13(25)21-16-8-9-24(12-16)11-14-4-2-5-15(10-14)19-22-18-7-3-6-17(18)20(26)23-19/h2,4-5,10,16H,3,6-9,11-12H2,1H3,(H,21,25)(H,22,23,26). The van der Waals surface area contributed by atoms with Crippen molar-refractivity contribution in [2.75, 3.05) is 13.1 Å². The van der Waals surface area contributed by atoms with Crippen molar-refractivity contribution in [2.24, 2.45) is 0 Å². The van der Waals surface area contributed by atoms with E-state index in [4.69, 9.17) is 0 Å². The summed E-state index contributed by atoms with van der Waals surface area (Å²) in [5, 5.41) is 2.99. The number of hydrogen-bond acceptors (Lipinski definition) is 4. The Labute approximate surface area is 152 Å². The summed E-state index contributed by atoms with van der Waals surface area (Å²) in [5.41, 5.74) is 3.95. The first kappa shape index (κ1) is 17.0. The number of H-pyrrole nitrogens is 1. The molecule has 6 nitrogen and oxygen atoms in total. The predicted molar refractivity (Wildman–Crippen MR) is 99.8 cm³/mol. The van der Waals surface area contributed by atoms with Crippen LogP contribution in [0.4, 0.5) is 0 Å². The molecule has 0 radical (unpaired) electrons. The smallest absolute Gasteiger partial charge is 0.254 e. The number of aryl methyl sites for hydroxylation is 1. The van der Waals surface area contributed by atoms with Gasteiger partial charge >= 0.3 is 0 Å². The molecule has 4 rings (SSSR count). The molecular weight excluding hydrogens is 328 g/mol. The normalized spacial score (nSPS) is 19.5. The lowest BCUT2D eigenvalue weighted by molar-refractivity contribution is -0.119. The fraction of sp³-hybridized carbons (Fsp3) is 0.450. The van der Waals surface area contributed by atoms with Gasteiger partial charge in [0.05, 0.1) is 5.69 Å². The Morgan fingerprint density at radius 2 is 2.27 bits per heavy atom. The van der Waals surface area contributed by atoms with Gasteiger partial charge in [0.25, 0.3) is 5.56 Å². The molecule has 1 saturated heterocycles. The van der Waals surface area contributed by atoms with Crippen LogP contribution in [-0.4, -0.2) is 39.9 Å². The Morgan fingerprint density at radius 3 is 3.12 bits per heavy atom. The summed E-state index contributed by atoms with van der Waals surface area (Å²) in [6.07, 6.45) is 3.73. The number of benzene rings is 1. The summed E-state index contributed by atoms with van der Waals surface area (Å²) in [6.45, 7) is 4.25. The number of carbonyl (C=O) groups excluding carboxylic acids is 1. The van der Waals surface area contributed by atoms with Crippen molar-refractivity contribution in [3.8, 4) is 11.4 Å². The maximum atomic E-state index is 12.3. The quantitative estimate of drug-likeness (QED) is 0.877. The van der Waals surface area contributed by atoms with Crippen molar-refractivity contribution in [3.63, 3.8) is 0 Å². The Hall–Kier alpha value is -2.47. The van der Waals surface area contributed by atoms with Crippen molar-refractivity contribution >= 4 is 5.91 Å². The molecule has 1 unspecified atom stereocenters. The molecule has 1 aliphatic heterocycles. The van der Waals surface area contributed by atoms with Gasteiger partial charge in [-0.05, 0) is 37.3 Å². The first-order chi connectivity index (χ1) is 12.6. The van der Waals surface area contributed by atoms with Crippen molar-refractivity contribution < 1.29 is 4.79 Å². The topological polar surface area (TPSA) is 78.1 Å². The van der Waals surface area contributed by atoms with Crippen LogP contribution in [-0.2, 0) is 24.2 Å². The third kappa shape index (κ3) is 3.55. The van der Waals surface area contributed by atoms with E-state index >= 15 is 0 Å². The molecule has 0 spiro atoms. The van der Waals surface area contributed by atoms with Crippen molar-refractivity contribution in [1.82, 2.24) is 20.2 Å². The monoisotopic (exact) mass is 352 g/mol. The first-order valence-corrected chi connectivity index (χ1v) is 9.29. The lowest BCUT2D eigenvalue weighted by Crippen LogP contribution is -2.35. The maximum Gasteiger partial charge on any atom is 0.254 e. The fourth-order valence-corrected chi connectivity index (χ4v) is 4.04. The fourth-order valence-electron chi connectivity index (χ4n) is 4.04. The number of carbonyl (C=O) groups is 1. The van der Waals surface area contributed by atoms with Gasteiger partial charge in [0, 0.05) is 43.7 Å². The second-order valence-electron chi connectivity index (χ2n) is 7.31. The number of nitrogens with one attached hydrogen (secondary N) is 2. The van der Waals surface area contributed by atoms with Gasteiger partial charge in [-0.3, -0.25) is 14.5 Å². The number of fused-ring (bicyclic) bond motifs is 1. The van der Waals surface area contributed by atoms with E-state index in [0.29, 0.717) is 5.82 Å². The number of rotatable bonds is 4. The highest BCUT2D eigenvalue weighted by Gasteiger charge is 2.23. The second-order valence-corrected chi connectivity index (χ2v) is 7.31. The Balaban J connectivity index is 1.50. The summed E-state index contributed by atoms with van der Waals surface area (Å²) >= 11 is 0. The molecule has 0 saturated carbocycles. The van der Waals surface area contributed by atoms with E-state index in [1.165, 1.54) is 5.56 Å². The van der Waals surface area contributed by atoms with E-state index in [2.05, 4.69) is 32.3 Å². The van der Waals surface area contributed by atoms with Crippen molar-refractivity contribution in [3.05, 3.63) is 51.4 Å². The zero-order valence-electron chi connectivity index (χ0n) is 15.0. The summed E-state index contributed by atoms with van der Waals surface area (Å²) in [7, 11) is 0. The third-order valence-electron chi connectivity index (χ3n) is 5.23. The largest absolute Gasteiger partial charge is 0.352 e. The minimum atomic E-state index is 0.00518. The minimum Gasteiger partial charge on any atom is -0.352 e. The maximum absolute atomic E-state index is 12.3. The molecule has 2 aliphatic rings. The number of amides is 1. The van der Waals surface area contributed by atoms with Gasteiger partial charge in [-0.25, -0.2) is 4.98 Å². The average molecular weight is 352 g/mol. The molecule has 2 heterocycles. The molecule has 6 heteroatoms. The lowest BCUT2D eigenvalue weighted by atomic mass is 10.1. The summed E-state index contributed by atoms with van der Waals surface area (Å²) in [4.78, 5) is 33.4. The number of hydrogen-bond donors (Lipinski definition) is 2. The predicted octanol–water partition coefficient (Wildman–Crippen LogP) is 1.64. The highest BCUT2D eigenvalue weighted by atomic mass is 16.1. The molecule has 0 bridgehead atoms. The summed E-state index contributed by atoms with van der Waals surface area (Å²) < 4.78 is 0. The van der Waals surface area contributed by atoms with Gasteiger partial charge in [0.2, 0.25) is 5.91 Å². The van der Waals surface area contributed by atoms with Crippen LogP contribution in [0.2, 0.25) is 0 Å². The number of nitrogens with zero attached hydrogens (tertiary/aromatic N) is 2. The molecule has 1 aliphatic carbocycles. The van der Waals surface area contributed by atoms with Crippen LogP contribution in [0.25, 0.3) is 11.4 Å². The number of likely N-dealkylation sites (tertiary alicyclic amines) is 1. The van der Waals surface area contributed by atoms with Gasteiger partial charge in [0.15, 0.2) is 0 Å². The number of aromatic nitrogens is 2. The molecule has 1 aromatic heterocycles. The molecule has 1 aromatic carbocycles. The lowest BCUT2D eigenvalue weighted by Gasteiger charge is -2.17. The molecule has 2 N–H and O–H groups in total. The Bertz CT molecular complexity index is 890. The van der Waals surface area contributed by atoms with Crippen molar-refractivity contribution in [2.45, 2.75) is 45.2 Å². The van der Waals surface area contributed by atoms with Crippen molar-refractivity contribution in [1.29, 1.82) is 0 Å². The molecular formula is C20H24N4O2. The van der Waals surface area contributed by atoms with Crippen LogP contribution < -0.4 is 10.9 Å². The Morgan fingerprint density at radius 1 is 1.38 bits per heavy atom. The minimum absolute atomic E-state index is 0.00518. The van der Waals surface area contributed by atoms with Gasteiger partial charge in [-0.15, -0.1) is 0 Å². The highest BCUT2D eigenvalue weighted by molar-refractivity contribution is 5.73. The third-order valence-corrected chi connectivity index (χ3v) is 5.23. The average Bonchev–Trinajstić information content (AvgIpc) is 3.24. The molecule has 1 amide bonds. The summed E-state index contributed by atoms with van der Waals surface area (Å²) in [5.74, 6) is 0.695. The van der Waals surface area contributed by atoms with Gasteiger partial charge in [0.1, 0.15) is 5.82 Å². The van der Waals surface area contributed by atoms with Crippen LogP contribution in [0.15, 0.2) is 29.1 Å². The molecule has 1 fully saturated rings. The van der Waals surface area contributed by atoms with Crippen LogP contribution in [0.1, 0.15) is 36.6 Å². The molecule has 26 heavy (non-hydrogen) atoms. The van der Waals surface area contributed by atoms with Crippen LogP contribution in [0, 0.1) is 0 Å². The zero-order valence-corrected chi connectivity index (χ0v) is 15.0. The molecule has 2 aromatic rings. The van der Waals surface area contributed by atoms with Crippen LogP contribution in [0.5, 0.6) is 0 Å². The van der Waals surface area contributed by atoms with Gasteiger partial charge in [-0.2, -0.15) is 0 Å². The van der Waals surface area contributed by atoms with E-state index in [-0.39, 0.29) is 17.5 Å². The molecule has 1 atom stereocenters. The van der Waals surface area contributed by atoms with E-state index in [1.54, 1.807) is 6.92 Å². The van der Waals surface area contributed by atoms with Gasteiger partial charge < -0.3 is 10.3 Å². The summed E-state index contributed by atoms with van der Waals surface area (Å²) in [6, 6.07) is 8.45. The number of aromatic amines is 1. The van der Waals surface area contributed by atoms with Crippen LogP contribution >= 0.6 is 0 Å². The van der Waals surface area contributed by atoms with E-state index in [0.717, 1.165) is 62.1 Å². The Kier molecular flexibility index (Phi) is 4.59. The van der Waals surface area contributed by atoms with Gasteiger partial charge in [-0.1, -0.05) is 18.2 Å². The van der Waals surface area contributed by atoms with Crippen LogP contribution in [0.3, 0.4) is 0 Å². The first-order valence-electron chi connectivity index (χ1n) is 9.29.